The van der Waals surface area contributed by atoms with Gasteiger partial charge in [0.05, 0.1) is 0 Å². The molecule has 3 N–H and O–H groups in total. The van der Waals surface area contributed by atoms with Crippen LogP contribution in [0, 0.1) is 6.92 Å². The van der Waals surface area contributed by atoms with Crippen LogP contribution in [0.2, 0.25) is 5.02 Å². The van der Waals surface area contributed by atoms with E-state index in [-0.39, 0.29) is 0 Å². The summed E-state index contributed by atoms with van der Waals surface area (Å²) in [5.74, 6) is 0. The molecule has 3 heteroatoms. The first-order valence-electron chi connectivity index (χ1n) is 5.49. The molecule has 17 heavy (non-hydrogen) atoms. The fourth-order valence-corrected chi connectivity index (χ4v) is 1.68. The maximum absolute atomic E-state index is 5.85. The van der Waals surface area contributed by atoms with Gasteiger partial charge in [0, 0.05) is 22.9 Å². The molecule has 2 rings (SSSR count). The highest BCUT2D eigenvalue weighted by atomic mass is 35.5. The van der Waals surface area contributed by atoms with Crippen molar-refractivity contribution in [2.75, 3.05) is 11.1 Å². The number of nitrogen functional groups attached to an aromatic ring is 1. The minimum Gasteiger partial charge on any atom is -0.398 e. The SMILES string of the molecule is Cc1ccc(NCc2ccc(Cl)cc2)cc1N. The van der Waals surface area contributed by atoms with Crippen LogP contribution in [-0.4, -0.2) is 0 Å². The highest BCUT2D eigenvalue weighted by Crippen LogP contribution is 2.18. The maximum atomic E-state index is 5.85. The molecule has 0 radical (unpaired) electrons. The Bertz CT molecular complexity index is 506. The average molecular weight is 247 g/mol. The molecule has 0 fully saturated rings. The van der Waals surface area contributed by atoms with Crippen molar-refractivity contribution in [2.45, 2.75) is 13.5 Å². The Hall–Kier alpha value is -1.67. The van der Waals surface area contributed by atoms with E-state index >= 15 is 0 Å². The Morgan fingerprint density at radius 3 is 2.47 bits per heavy atom. The first-order valence-corrected chi connectivity index (χ1v) is 5.87. The second-order valence-electron chi connectivity index (χ2n) is 4.05. The molecule has 0 saturated heterocycles. The molecule has 0 atom stereocenters. The smallest absolute Gasteiger partial charge is 0.0406 e. The summed E-state index contributed by atoms with van der Waals surface area (Å²) in [5.41, 5.74) is 9.98. The molecule has 88 valence electrons. The second-order valence-corrected chi connectivity index (χ2v) is 4.49. The summed E-state index contributed by atoms with van der Waals surface area (Å²) in [5, 5.41) is 4.08. The molecular weight excluding hydrogens is 232 g/mol. The first kappa shape index (κ1) is 11.8. The quantitative estimate of drug-likeness (QED) is 0.808. The highest BCUT2D eigenvalue weighted by molar-refractivity contribution is 6.30. The van der Waals surface area contributed by atoms with Gasteiger partial charge in [-0.05, 0) is 42.3 Å². The van der Waals surface area contributed by atoms with Gasteiger partial charge in [0.15, 0.2) is 0 Å². The summed E-state index contributed by atoms with van der Waals surface area (Å²) in [6, 6.07) is 13.8. The summed E-state index contributed by atoms with van der Waals surface area (Å²) in [6.45, 7) is 2.76. The maximum Gasteiger partial charge on any atom is 0.0406 e. The molecule has 0 amide bonds. The Labute approximate surface area is 106 Å². The molecule has 0 spiro atoms. The zero-order chi connectivity index (χ0) is 12.3. The third-order valence-electron chi connectivity index (χ3n) is 2.69. The number of aryl methyl sites for hydroxylation is 1. The Morgan fingerprint density at radius 2 is 1.82 bits per heavy atom. The van der Waals surface area contributed by atoms with Crippen LogP contribution in [0.4, 0.5) is 11.4 Å². The van der Waals surface area contributed by atoms with Crippen LogP contribution in [0.5, 0.6) is 0 Å². The van der Waals surface area contributed by atoms with Gasteiger partial charge in [0.2, 0.25) is 0 Å². The van der Waals surface area contributed by atoms with Crippen LogP contribution in [-0.2, 0) is 6.54 Å². The van der Waals surface area contributed by atoms with E-state index < -0.39 is 0 Å². The van der Waals surface area contributed by atoms with Gasteiger partial charge in [-0.25, -0.2) is 0 Å². The van der Waals surface area contributed by atoms with Crippen molar-refractivity contribution in [1.29, 1.82) is 0 Å². The van der Waals surface area contributed by atoms with Gasteiger partial charge in [0.1, 0.15) is 0 Å². The van der Waals surface area contributed by atoms with Crippen molar-refractivity contribution < 1.29 is 0 Å². The summed E-state index contributed by atoms with van der Waals surface area (Å²) < 4.78 is 0. The van der Waals surface area contributed by atoms with E-state index in [2.05, 4.69) is 5.32 Å². The largest absolute Gasteiger partial charge is 0.398 e. The van der Waals surface area contributed by atoms with Gasteiger partial charge in [-0.1, -0.05) is 29.8 Å². The third-order valence-corrected chi connectivity index (χ3v) is 2.94. The number of rotatable bonds is 3. The van der Waals surface area contributed by atoms with Crippen molar-refractivity contribution in [1.82, 2.24) is 0 Å². The Kier molecular flexibility index (Phi) is 3.55. The zero-order valence-corrected chi connectivity index (χ0v) is 10.5. The molecule has 0 saturated carbocycles. The zero-order valence-electron chi connectivity index (χ0n) is 9.70. The van der Waals surface area contributed by atoms with Crippen molar-refractivity contribution in [3.8, 4) is 0 Å². The molecule has 0 aromatic heterocycles. The van der Waals surface area contributed by atoms with Crippen molar-refractivity contribution in [3.63, 3.8) is 0 Å². The molecule has 2 nitrogen and oxygen atoms in total. The van der Waals surface area contributed by atoms with Gasteiger partial charge in [0.25, 0.3) is 0 Å². The topological polar surface area (TPSA) is 38.0 Å². The number of hydrogen-bond acceptors (Lipinski definition) is 2. The van der Waals surface area contributed by atoms with Gasteiger partial charge >= 0.3 is 0 Å². The lowest BCUT2D eigenvalue weighted by atomic mass is 10.1. The van der Waals surface area contributed by atoms with Crippen LogP contribution in [0.15, 0.2) is 42.5 Å². The number of nitrogens with one attached hydrogen (secondary N) is 1. The molecule has 0 aliphatic carbocycles. The molecule has 0 aliphatic rings. The number of nitrogens with two attached hydrogens (primary N) is 1. The van der Waals surface area contributed by atoms with Gasteiger partial charge in [-0.3, -0.25) is 0 Å². The minimum atomic E-state index is 0.758. The Balaban J connectivity index is 2.02. The molecule has 0 unspecified atom stereocenters. The van der Waals surface area contributed by atoms with E-state index in [1.54, 1.807) is 0 Å². The summed E-state index contributed by atoms with van der Waals surface area (Å²) in [4.78, 5) is 0. The lowest BCUT2D eigenvalue weighted by molar-refractivity contribution is 1.15. The molecule has 2 aromatic rings. The molecule has 2 aromatic carbocycles. The third kappa shape index (κ3) is 3.14. The van der Waals surface area contributed by atoms with Crippen molar-refractivity contribution in [2.24, 2.45) is 0 Å². The minimum absolute atomic E-state index is 0.758. The number of halogens is 1. The van der Waals surface area contributed by atoms with Crippen LogP contribution in [0.3, 0.4) is 0 Å². The van der Waals surface area contributed by atoms with E-state index in [1.807, 2.05) is 49.4 Å². The number of hydrogen-bond donors (Lipinski definition) is 2. The number of anilines is 2. The fraction of sp³-hybridized carbons (Fsp3) is 0.143. The monoisotopic (exact) mass is 246 g/mol. The van der Waals surface area contributed by atoms with E-state index in [4.69, 9.17) is 17.3 Å². The summed E-state index contributed by atoms with van der Waals surface area (Å²) in [6.07, 6.45) is 0. The summed E-state index contributed by atoms with van der Waals surface area (Å²) >= 11 is 5.83. The number of benzene rings is 2. The van der Waals surface area contributed by atoms with Gasteiger partial charge in [-0.15, -0.1) is 0 Å². The fourth-order valence-electron chi connectivity index (χ4n) is 1.56. The molecule has 0 aliphatic heterocycles. The predicted octanol–water partition coefficient (Wildman–Crippen LogP) is 3.84. The van der Waals surface area contributed by atoms with E-state index in [0.717, 1.165) is 28.5 Å². The van der Waals surface area contributed by atoms with E-state index in [1.165, 1.54) is 5.56 Å². The summed E-state index contributed by atoms with van der Waals surface area (Å²) in [7, 11) is 0. The molecule has 0 heterocycles. The lowest BCUT2D eigenvalue weighted by Crippen LogP contribution is -2.00. The predicted molar refractivity (Wildman–Crippen MR) is 74.4 cm³/mol. The van der Waals surface area contributed by atoms with E-state index in [9.17, 15) is 0 Å². The van der Waals surface area contributed by atoms with Crippen molar-refractivity contribution >= 4 is 23.0 Å². The molecular formula is C14H15ClN2. The van der Waals surface area contributed by atoms with Crippen LogP contribution >= 0.6 is 11.6 Å². The van der Waals surface area contributed by atoms with Crippen LogP contribution in [0.1, 0.15) is 11.1 Å². The highest BCUT2D eigenvalue weighted by Gasteiger charge is 1.97. The lowest BCUT2D eigenvalue weighted by Gasteiger charge is -2.08. The van der Waals surface area contributed by atoms with Crippen LogP contribution < -0.4 is 11.1 Å². The van der Waals surface area contributed by atoms with Crippen LogP contribution in [0.25, 0.3) is 0 Å². The normalized spacial score (nSPS) is 10.2. The van der Waals surface area contributed by atoms with Crippen molar-refractivity contribution in [3.05, 3.63) is 58.6 Å². The van der Waals surface area contributed by atoms with E-state index in [0.29, 0.717) is 0 Å². The standard InChI is InChI=1S/C14H15ClN2/c1-10-2-7-13(8-14(10)16)17-9-11-3-5-12(15)6-4-11/h2-8,17H,9,16H2,1H3. The van der Waals surface area contributed by atoms with Gasteiger partial charge in [-0.2, -0.15) is 0 Å². The average Bonchev–Trinajstić information content (AvgIpc) is 2.33. The second kappa shape index (κ2) is 5.11. The van der Waals surface area contributed by atoms with Gasteiger partial charge < -0.3 is 11.1 Å². The first-order chi connectivity index (χ1) is 8.15. The Morgan fingerprint density at radius 1 is 1.12 bits per heavy atom. The molecule has 0 bridgehead atoms.